The van der Waals surface area contributed by atoms with Gasteiger partial charge < -0.3 is 15.2 Å². The van der Waals surface area contributed by atoms with Crippen molar-refractivity contribution in [1.29, 1.82) is 0 Å². The summed E-state index contributed by atoms with van der Waals surface area (Å²) in [6.07, 6.45) is 1.51. The van der Waals surface area contributed by atoms with Crippen LogP contribution in [0.25, 0.3) is 10.8 Å². The first-order valence-electron chi connectivity index (χ1n) is 13.9. The Balaban J connectivity index is 1.31. The molecule has 4 fully saturated rings. The molecular weight excluding hydrogens is 519 g/mol. The Kier molecular flexibility index (Phi) is 6.55. The number of carbonyl (C=O) groups is 2. The third-order valence-electron chi connectivity index (χ3n) is 9.26. The van der Waals surface area contributed by atoms with E-state index in [4.69, 9.17) is 4.74 Å². The van der Waals surface area contributed by atoms with E-state index in [9.17, 15) is 27.9 Å². The lowest BCUT2D eigenvalue weighted by Crippen LogP contribution is -2.59. The van der Waals surface area contributed by atoms with E-state index in [0.29, 0.717) is 28.7 Å². The molecule has 0 spiro atoms. The van der Waals surface area contributed by atoms with E-state index in [1.165, 1.54) is 12.1 Å². The van der Waals surface area contributed by atoms with Gasteiger partial charge in [0.25, 0.3) is 5.91 Å². The molecule has 0 aliphatic heterocycles. The maximum Gasteiger partial charge on any atom is 0.416 e. The van der Waals surface area contributed by atoms with Gasteiger partial charge >= 0.3 is 12.1 Å². The third kappa shape index (κ3) is 4.93. The summed E-state index contributed by atoms with van der Waals surface area (Å²) < 4.78 is 45.2. The number of ether oxygens (including phenoxy) is 1. The van der Waals surface area contributed by atoms with E-state index in [0.717, 1.165) is 61.6 Å². The Bertz CT molecular complexity index is 1430. The Labute approximate surface area is 230 Å². The average Bonchev–Trinajstić information content (AvgIpc) is 2.88. The highest BCUT2D eigenvalue weighted by molar-refractivity contribution is 6.05. The van der Waals surface area contributed by atoms with Gasteiger partial charge in [0, 0.05) is 10.8 Å². The monoisotopic (exact) mass is 551 g/mol. The highest BCUT2D eigenvalue weighted by Gasteiger charge is 2.56. The summed E-state index contributed by atoms with van der Waals surface area (Å²) in [6.45, 7) is 1.86. The number of carbonyl (C=O) groups excluding carboxylic acids is 1. The minimum atomic E-state index is -4.44. The van der Waals surface area contributed by atoms with Gasteiger partial charge in [0.15, 0.2) is 0 Å². The first-order chi connectivity index (χ1) is 19.0. The summed E-state index contributed by atoms with van der Waals surface area (Å²) in [5.41, 5.74) is 0.482. The van der Waals surface area contributed by atoms with Crippen molar-refractivity contribution in [2.24, 2.45) is 23.2 Å². The molecule has 40 heavy (non-hydrogen) atoms. The van der Waals surface area contributed by atoms with Crippen molar-refractivity contribution in [2.45, 2.75) is 64.3 Å². The number of rotatable bonds is 7. The fraction of sp³-hybridized carbons (Fsp3) is 0.438. The summed E-state index contributed by atoms with van der Waals surface area (Å²) in [7, 11) is 0. The van der Waals surface area contributed by atoms with Crippen molar-refractivity contribution in [2.75, 3.05) is 0 Å². The summed E-state index contributed by atoms with van der Waals surface area (Å²) in [5, 5.41) is 14.7. The van der Waals surface area contributed by atoms with Gasteiger partial charge in [-0.05, 0) is 98.4 Å². The number of aliphatic carboxylic acids is 1. The molecule has 1 atom stereocenters. The number of alkyl halides is 3. The van der Waals surface area contributed by atoms with Gasteiger partial charge in [0.1, 0.15) is 18.4 Å². The molecule has 3 aromatic carbocycles. The zero-order chi connectivity index (χ0) is 28.2. The average molecular weight is 552 g/mol. The summed E-state index contributed by atoms with van der Waals surface area (Å²) >= 11 is 0. The van der Waals surface area contributed by atoms with E-state index in [-0.39, 0.29) is 17.9 Å². The van der Waals surface area contributed by atoms with Gasteiger partial charge in [0.2, 0.25) is 0 Å². The standard InChI is InChI=1S/C32H32F3NO4/c1-18-2-5-23-6-9-25(27(26(23)10-18)40-17-19-3-7-24(8-4-19)32(33,34)35)29(37)36-28(30(38)39)31-14-20-11-21(15-31)13-22(12-20)16-31/h2-10,20-22,28H,11-17H2,1H3,(H,36,37)(H,38,39)/t20?,21?,22?,28-,31?/m1/s1. The fourth-order valence-corrected chi connectivity index (χ4v) is 7.90. The number of hydrogen-bond acceptors (Lipinski definition) is 3. The maximum absolute atomic E-state index is 13.8. The minimum Gasteiger partial charge on any atom is -0.487 e. The Morgan fingerprint density at radius 2 is 1.57 bits per heavy atom. The Morgan fingerprint density at radius 1 is 0.975 bits per heavy atom. The van der Waals surface area contributed by atoms with Crippen LogP contribution < -0.4 is 10.1 Å². The van der Waals surface area contributed by atoms with E-state index in [1.807, 2.05) is 25.1 Å². The molecule has 4 bridgehead atoms. The Morgan fingerprint density at radius 3 is 2.15 bits per heavy atom. The molecule has 0 saturated heterocycles. The van der Waals surface area contributed by atoms with Crippen LogP contribution in [0.3, 0.4) is 0 Å². The number of nitrogens with one attached hydrogen (secondary N) is 1. The van der Waals surface area contributed by atoms with Crippen LogP contribution in [-0.2, 0) is 17.6 Å². The minimum absolute atomic E-state index is 0.0528. The molecule has 7 rings (SSSR count). The highest BCUT2D eigenvalue weighted by atomic mass is 19.4. The van der Waals surface area contributed by atoms with E-state index in [1.54, 1.807) is 12.1 Å². The van der Waals surface area contributed by atoms with Crippen molar-refractivity contribution in [3.8, 4) is 5.75 Å². The van der Waals surface area contributed by atoms with E-state index >= 15 is 0 Å². The van der Waals surface area contributed by atoms with Gasteiger partial charge in [0.05, 0.1) is 11.1 Å². The van der Waals surface area contributed by atoms with Gasteiger partial charge in [-0.3, -0.25) is 4.79 Å². The van der Waals surface area contributed by atoms with Crippen LogP contribution in [0.1, 0.15) is 65.6 Å². The number of carboxylic acids is 1. The largest absolute Gasteiger partial charge is 0.487 e. The molecule has 4 saturated carbocycles. The van der Waals surface area contributed by atoms with Crippen LogP contribution in [-0.4, -0.2) is 23.0 Å². The molecule has 1 amide bonds. The zero-order valence-corrected chi connectivity index (χ0v) is 22.3. The maximum atomic E-state index is 13.8. The predicted molar refractivity (Wildman–Crippen MR) is 144 cm³/mol. The summed E-state index contributed by atoms with van der Waals surface area (Å²) in [6, 6.07) is 12.9. The predicted octanol–water partition coefficient (Wildman–Crippen LogP) is 7.15. The lowest BCUT2D eigenvalue weighted by Gasteiger charge is -2.58. The zero-order valence-electron chi connectivity index (χ0n) is 22.3. The second-order valence-corrected chi connectivity index (χ2v) is 12.2. The van der Waals surface area contributed by atoms with Gasteiger partial charge in [-0.1, -0.05) is 35.9 Å². The van der Waals surface area contributed by atoms with E-state index < -0.39 is 35.1 Å². The molecule has 2 N–H and O–H groups in total. The molecule has 4 aliphatic rings. The number of benzene rings is 3. The molecule has 5 nitrogen and oxygen atoms in total. The van der Waals surface area contributed by atoms with Gasteiger partial charge in [-0.15, -0.1) is 0 Å². The van der Waals surface area contributed by atoms with Gasteiger partial charge in [-0.25, -0.2) is 4.79 Å². The van der Waals surface area contributed by atoms with Crippen LogP contribution in [0.15, 0.2) is 54.6 Å². The molecule has 0 unspecified atom stereocenters. The number of carboxylic acid groups (broad SMARTS) is 1. The number of fused-ring (bicyclic) bond motifs is 1. The molecule has 4 aliphatic carbocycles. The van der Waals surface area contributed by atoms with Crippen molar-refractivity contribution in [1.82, 2.24) is 5.32 Å². The fourth-order valence-electron chi connectivity index (χ4n) is 7.90. The SMILES string of the molecule is Cc1ccc2ccc(C(=O)N[C@H](C(=O)O)C34CC5CC(CC(C5)C3)C4)c(OCc3ccc(C(F)(F)F)cc3)c2c1. The van der Waals surface area contributed by atoms with E-state index in [2.05, 4.69) is 5.32 Å². The quantitative estimate of drug-likeness (QED) is 0.327. The smallest absolute Gasteiger partial charge is 0.416 e. The topological polar surface area (TPSA) is 75.6 Å². The highest BCUT2D eigenvalue weighted by Crippen LogP contribution is 2.61. The van der Waals surface area contributed by atoms with Gasteiger partial charge in [-0.2, -0.15) is 13.2 Å². The van der Waals surface area contributed by atoms with Crippen molar-refractivity contribution in [3.63, 3.8) is 0 Å². The van der Waals surface area contributed by atoms with Crippen molar-refractivity contribution < 1.29 is 32.6 Å². The summed E-state index contributed by atoms with van der Waals surface area (Å²) in [4.78, 5) is 26.4. The van der Waals surface area contributed by atoms with Crippen LogP contribution in [0, 0.1) is 30.1 Å². The normalized spacial score (nSPS) is 26.1. The Hall–Kier alpha value is -3.55. The number of hydrogen-bond donors (Lipinski definition) is 2. The molecule has 0 aromatic heterocycles. The number of halogens is 3. The molecule has 0 radical (unpaired) electrons. The van der Waals surface area contributed by atoms with Crippen LogP contribution in [0.2, 0.25) is 0 Å². The lowest BCUT2D eigenvalue weighted by atomic mass is 9.47. The van der Waals surface area contributed by atoms with Crippen LogP contribution in [0.4, 0.5) is 13.2 Å². The van der Waals surface area contributed by atoms with Crippen molar-refractivity contribution in [3.05, 3.63) is 76.9 Å². The number of aryl methyl sites for hydroxylation is 1. The second-order valence-electron chi connectivity index (χ2n) is 12.2. The molecule has 210 valence electrons. The number of amides is 1. The van der Waals surface area contributed by atoms with Crippen molar-refractivity contribution >= 4 is 22.6 Å². The molecule has 0 heterocycles. The molecular formula is C32H32F3NO4. The first-order valence-corrected chi connectivity index (χ1v) is 13.9. The third-order valence-corrected chi connectivity index (χ3v) is 9.26. The van der Waals surface area contributed by atoms with Crippen LogP contribution in [0.5, 0.6) is 5.75 Å². The van der Waals surface area contributed by atoms with Crippen LogP contribution >= 0.6 is 0 Å². The molecule has 3 aromatic rings. The summed E-state index contributed by atoms with van der Waals surface area (Å²) in [5.74, 6) is 0.324. The second kappa shape index (κ2) is 9.82. The lowest BCUT2D eigenvalue weighted by molar-refractivity contribution is -0.150. The molecule has 8 heteroatoms. The first kappa shape index (κ1) is 26.7.